The number of esters is 1. The molecule has 0 aliphatic rings. The first-order valence-electron chi connectivity index (χ1n) is 6.02. The molecule has 18 heavy (non-hydrogen) atoms. The van der Waals surface area contributed by atoms with Crippen LogP contribution in [0.15, 0.2) is 12.7 Å². The molecule has 0 heterocycles. The second kappa shape index (κ2) is 43.6. The Hall–Kier alpha value is -0.0757. The molecule has 0 bridgehead atoms. The van der Waals surface area contributed by atoms with E-state index >= 15 is 0 Å². The Morgan fingerprint density at radius 2 is 1.33 bits per heavy atom. The SMILES string of the molecule is C=CC(=O)OCC[CH2-].[CH2-]CC.[CH2-]CC.[CH2-]CC.[Ti+4]. The van der Waals surface area contributed by atoms with Crippen LogP contribution in [0.2, 0.25) is 0 Å². The predicted octanol–water partition coefficient (Wildman–Crippen LogP) is 4.63. The van der Waals surface area contributed by atoms with Crippen molar-refractivity contribution in [2.24, 2.45) is 0 Å². The molecule has 0 atom stereocenters. The molecule has 0 aliphatic carbocycles. The Morgan fingerprint density at radius 1 is 1.06 bits per heavy atom. The zero-order valence-electron chi connectivity index (χ0n) is 12.5. The van der Waals surface area contributed by atoms with Crippen LogP contribution in [0.25, 0.3) is 0 Å². The smallest absolute Gasteiger partial charge is 0.465 e. The van der Waals surface area contributed by atoms with Crippen molar-refractivity contribution in [3.8, 4) is 0 Å². The summed E-state index contributed by atoms with van der Waals surface area (Å²) < 4.78 is 4.52. The molecule has 0 aliphatic heterocycles. The molecule has 0 unspecified atom stereocenters. The summed E-state index contributed by atoms with van der Waals surface area (Å²) in [6, 6.07) is 0. The van der Waals surface area contributed by atoms with Crippen molar-refractivity contribution in [1.82, 2.24) is 0 Å². The summed E-state index contributed by atoms with van der Waals surface area (Å²) in [7, 11) is 0. The molecule has 2 nitrogen and oxygen atoms in total. The Labute approximate surface area is 130 Å². The maximum atomic E-state index is 10.2. The Balaban J connectivity index is -0.0000000477. The van der Waals surface area contributed by atoms with E-state index < -0.39 is 0 Å². The average Bonchev–Trinajstić information content (AvgIpc) is 2.29. The number of carbonyl (C=O) groups excluding carboxylic acids is 1. The molecule has 0 saturated carbocycles. The third kappa shape index (κ3) is 101. The van der Waals surface area contributed by atoms with E-state index in [4.69, 9.17) is 0 Å². The van der Waals surface area contributed by atoms with Crippen molar-refractivity contribution in [3.63, 3.8) is 0 Å². The van der Waals surface area contributed by atoms with Gasteiger partial charge in [0.15, 0.2) is 0 Å². The first-order chi connectivity index (χ1) is 8.05. The molecule has 0 rings (SSSR count). The largest absolute Gasteiger partial charge is 4.00 e. The number of carbonyl (C=O) groups is 1. The quantitative estimate of drug-likeness (QED) is 0.328. The molecular formula is C15H30O2Ti. The summed E-state index contributed by atoms with van der Waals surface area (Å²) >= 11 is 0. The van der Waals surface area contributed by atoms with Crippen LogP contribution in [-0.2, 0) is 31.2 Å². The first kappa shape index (κ1) is 30.7. The Bertz CT molecular complexity index is 121. The Kier molecular flexibility index (Phi) is 74.4. The fourth-order valence-electron chi connectivity index (χ4n) is 0.232. The molecule has 106 valence electrons. The molecule has 0 aromatic heterocycles. The summed E-state index contributed by atoms with van der Waals surface area (Å²) in [6.07, 6.45) is 4.75. The molecule has 0 radical (unpaired) electrons. The van der Waals surface area contributed by atoms with Crippen LogP contribution >= 0.6 is 0 Å². The summed E-state index contributed by atoms with van der Waals surface area (Å²) in [6.45, 7) is 23.6. The van der Waals surface area contributed by atoms with Gasteiger partial charge in [-0.25, -0.2) is 4.79 Å². The van der Waals surface area contributed by atoms with Gasteiger partial charge in [-0.3, -0.25) is 0 Å². The van der Waals surface area contributed by atoms with Gasteiger partial charge in [-0.05, 0) is 0 Å². The van der Waals surface area contributed by atoms with Crippen molar-refractivity contribution in [2.75, 3.05) is 6.61 Å². The van der Waals surface area contributed by atoms with Crippen LogP contribution in [-0.4, -0.2) is 12.6 Å². The van der Waals surface area contributed by atoms with Crippen LogP contribution in [0.1, 0.15) is 46.5 Å². The standard InChI is InChI=1S/C6H9O2.3C3H7.Ti/c1-3-5-8-6(7)4-2;3*1-3-2;/h4H,1-3,5H2;3*1,3H2,2H3;/q4*-1;+4. The van der Waals surface area contributed by atoms with Crippen LogP contribution in [0, 0.1) is 27.7 Å². The van der Waals surface area contributed by atoms with Crippen LogP contribution < -0.4 is 0 Å². The van der Waals surface area contributed by atoms with E-state index in [0.717, 1.165) is 25.3 Å². The fraction of sp³-hybridized carbons (Fsp3) is 0.533. The number of hydrogen-bond donors (Lipinski definition) is 0. The Morgan fingerprint density at radius 3 is 1.50 bits per heavy atom. The van der Waals surface area contributed by atoms with Crippen molar-refractivity contribution in [2.45, 2.75) is 46.5 Å². The van der Waals surface area contributed by atoms with Gasteiger partial charge in [0.25, 0.3) is 0 Å². The van der Waals surface area contributed by atoms with E-state index in [-0.39, 0.29) is 27.7 Å². The molecule has 0 N–H and O–H groups in total. The van der Waals surface area contributed by atoms with Gasteiger partial charge in [-0.1, -0.05) is 27.4 Å². The third-order valence-electron chi connectivity index (χ3n) is 0.555. The predicted molar refractivity (Wildman–Crippen MR) is 78.1 cm³/mol. The molecule has 0 amide bonds. The van der Waals surface area contributed by atoms with Gasteiger partial charge in [0.05, 0.1) is 6.61 Å². The molecule has 0 aromatic carbocycles. The molecule has 0 fully saturated rings. The van der Waals surface area contributed by atoms with Gasteiger partial charge in [0, 0.05) is 6.08 Å². The summed E-state index contributed by atoms with van der Waals surface area (Å²) in [5, 5.41) is 0. The van der Waals surface area contributed by atoms with Gasteiger partial charge < -0.3 is 32.4 Å². The number of ether oxygens (including phenoxy) is 1. The van der Waals surface area contributed by atoms with Crippen LogP contribution in [0.4, 0.5) is 0 Å². The topological polar surface area (TPSA) is 26.3 Å². The van der Waals surface area contributed by atoms with Gasteiger partial charge in [-0.15, -0.1) is 6.42 Å². The maximum absolute atomic E-state index is 10.2. The van der Waals surface area contributed by atoms with E-state index in [2.05, 4.69) is 39.0 Å². The van der Waals surface area contributed by atoms with Crippen molar-refractivity contribution in [1.29, 1.82) is 0 Å². The van der Waals surface area contributed by atoms with Gasteiger partial charge >= 0.3 is 27.7 Å². The zero-order valence-corrected chi connectivity index (χ0v) is 14.0. The third-order valence-corrected chi connectivity index (χ3v) is 0.555. The van der Waals surface area contributed by atoms with Gasteiger partial charge in [0.2, 0.25) is 0 Å². The second-order valence-corrected chi connectivity index (χ2v) is 2.73. The molecular weight excluding hydrogens is 260 g/mol. The van der Waals surface area contributed by atoms with E-state index in [0.29, 0.717) is 13.0 Å². The second-order valence-electron chi connectivity index (χ2n) is 2.73. The average molecular weight is 290 g/mol. The normalized spacial score (nSPS) is 6.61. The number of rotatable bonds is 3. The monoisotopic (exact) mass is 290 g/mol. The van der Waals surface area contributed by atoms with Gasteiger partial charge in [-0.2, -0.15) is 19.3 Å². The van der Waals surface area contributed by atoms with Crippen molar-refractivity contribution in [3.05, 3.63) is 40.3 Å². The minimum absolute atomic E-state index is 0. The minimum Gasteiger partial charge on any atom is -0.465 e. The van der Waals surface area contributed by atoms with E-state index in [1.807, 2.05) is 20.8 Å². The number of hydrogen-bond acceptors (Lipinski definition) is 2. The summed E-state index contributed by atoms with van der Waals surface area (Å²) in [5.74, 6) is -0.381. The van der Waals surface area contributed by atoms with E-state index in [9.17, 15) is 4.79 Å². The zero-order chi connectivity index (χ0) is 14.5. The van der Waals surface area contributed by atoms with Crippen LogP contribution in [0.5, 0.6) is 0 Å². The summed E-state index contributed by atoms with van der Waals surface area (Å²) in [5.41, 5.74) is 0. The fourth-order valence-corrected chi connectivity index (χ4v) is 0.232. The van der Waals surface area contributed by atoms with E-state index in [1.165, 1.54) is 0 Å². The van der Waals surface area contributed by atoms with Crippen molar-refractivity contribution < 1.29 is 31.2 Å². The maximum Gasteiger partial charge on any atom is 4.00 e. The molecule has 0 spiro atoms. The molecule has 3 heteroatoms. The van der Waals surface area contributed by atoms with E-state index in [1.54, 1.807) is 0 Å². The minimum atomic E-state index is -0.381. The molecule has 0 saturated heterocycles. The first-order valence-corrected chi connectivity index (χ1v) is 6.02. The van der Waals surface area contributed by atoms with Crippen molar-refractivity contribution >= 4 is 5.97 Å². The van der Waals surface area contributed by atoms with Crippen LogP contribution in [0.3, 0.4) is 0 Å². The summed E-state index contributed by atoms with van der Waals surface area (Å²) in [4.78, 5) is 10.2. The van der Waals surface area contributed by atoms with Gasteiger partial charge in [0.1, 0.15) is 0 Å². The molecule has 0 aromatic rings.